The molecule has 1 amide bonds. The van der Waals surface area contributed by atoms with Crippen LogP contribution in [0.2, 0.25) is 0 Å². The number of thioether (sulfide) groups is 1. The van der Waals surface area contributed by atoms with Crippen molar-refractivity contribution in [2.75, 3.05) is 6.54 Å². The van der Waals surface area contributed by atoms with E-state index in [9.17, 15) is 18.4 Å². The predicted octanol–water partition coefficient (Wildman–Crippen LogP) is 5.48. The van der Waals surface area contributed by atoms with Gasteiger partial charge in [-0.2, -0.15) is 0 Å². The van der Waals surface area contributed by atoms with E-state index < -0.39 is 17.6 Å². The molecule has 2 aromatic carbocycles. The Balaban J connectivity index is 1.69. The molecule has 0 aromatic heterocycles. The van der Waals surface area contributed by atoms with Gasteiger partial charge >= 0.3 is 5.97 Å². The summed E-state index contributed by atoms with van der Waals surface area (Å²) in [5.41, 5.74) is 1.99. The van der Waals surface area contributed by atoms with Gasteiger partial charge in [0.25, 0.3) is 5.91 Å². The minimum absolute atomic E-state index is 0.118. The van der Waals surface area contributed by atoms with E-state index in [-0.39, 0.29) is 12.3 Å². The Hall–Kier alpha value is -2.58. The first-order valence-electron chi connectivity index (χ1n) is 9.38. The van der Waals surface area contributed by atoms with E-state index in [1.54, 1.807) is 24.3 Å². The fraction of sp³-hybridized carbons (Fsp3) is 0.227. The van der Waals surface area contributed by atoms with Crippen molar-refractivity contribution < 1.29 is 23.5 Å². The number of halogens is 2. The molecule has 1 aliphatic rings. The summed E-state index contributed by atoms with van der Waals surface area (Å²) in [4.78, 5) is 25.3. The standard InChI is InChI=1S/C22H19F2NO3S2/c23-17-9-8-16(13-18(17)24)15-6-4-5-14(11-15)12-19-21(28)25(22(29)30-19)10-3-1-2-7-20(26)27/h4-6,8-9,11-13H,1-3,7,10H2,(H,26,27). The molecule has 0 bridgehead atoms. The monoisotopic (exact) mass is 447 g/mol. The number of aliphatic carboxylic acids is 1. The molecule has 1 N–H and O–H groups in total. The molecule has 1 aliphatic heterocycles. The fourth-order valence-corrected chi connectivity index (χ4v) is 4.36. The summed E-state index contributed by atoms with van der Waals surface area (Å²) in [6, 6.07) is 10.9. The zero-order valence-corrected chi connectivity index (χ0v) is 17.6. The van der Waals surface area contributed by atoms with Crippen LogP contribution in [-0.2, 0) is 9.59 Å². The van der Waals surface area contributed by atoms with Crippen LogP contribution in [0.3, 0.4) is 0 Å². The molecule has 0 radical (unpaired) electrons. The van der Waals surface area contributed by atoms with Crippen LogP contribution in [-0.4, -0.2) is 32.7 Å². The average Bonchev–Trinajstić information content (AvgIpc) is 2.97. The Labute approximate surface area is 182 Å². The summed E-state index contributed by atoms with van der Waals surface area (Å²) in [5, 5.41) is 8.67. The van der Waals surface area contributed by atoms with Gasteiger partial charge in [0.1, 0.15) is 4.32 Å². The van der Waals surface area contributed by atoms with E-state index in [2.05, 4.69) is 0 Å². The van der Waals surface area contributed by atoms with Crippen molar-refractivity contribution in [2.24, 2.45) is 0 Å². The van der Waals surface area contributed by atoms with Gasteiger partial charge in [-0.05, 0) is 53.8 Å². The first kappa shape index (κ1) is 22.1. The highest BCUT2D eigenvalue weighted by atomic mass is 32.2. The number of nitrogens with zero attached hydrogens (tertiary/aromatic N) is 1. The molecule has 156 valence electrons. The van der Waals surface area contributed by atoms with Crippen LogP contribution in [0.4, 0.5) is 8.78 Å². The number of amides is 1. The van der Waals surface area contributed by atoms with Crippen LogP contribution in [0.25, 0.3) is 17.2 Å². The highest BCUT2D eigenvalue weighted by Gasteiger charge is 2.31. The van der Waals surface area contributed by atoms with E-state index in [0.717, 1.165) is 17.7 Å². The zero-order valence-electron chi connectivity index (χ0n) is 15.9. The number of carboxylic acid groups (broad SMARTS) is 1. The average molecular weight is 448 g/mol. The second-order valence-electron chi connectivity index (χ2n) is 6.79. The maximum atomic E-state index is 13.5. The van der Waals surface area contributed by atoms with Crippen molar-refractivity contribution in [1.82, 2.24) is 4.90 Å². The van der Waals surface area contributed by atoms with Crippen LogP contribution in [0.5, 0.6) is 0 Å². The molecule has 8 heteroatoms. The number of rotatable bonds is 8. The van der Waals surface area contributed by atoms with Crippen LogP contribution in [0.15, 0.2) is 47.4 Å². The van der Waals surface area contributed by atoms with Gasteiger partial charge in [0.15, 0.2) is 11.6 Å². The lowest BCUT2D eigenvalue weighted by Crippen LogP contribution is -2.29. The van der Waals surface area contributed by atoms with Crippen molar-refractivity contribution in [3.8, 4) is 11.1 Å². The van der Waals surface area contributed by atoms with Gasteiger partial charge < -0.3 is 5.11 Å². The molecule has 1 heterocycles. The molecular weight excluding hydrogens is 428 g/mol. The molecule has 2 aromatic rings. The molecule has 0 atom stereocenters. The minimum Gasteiger partial charge on any atom is -0.481 e. The number of thiocarbonyl (C=S) groups is 1. The Morgan fingerprint density at radius 1 is 1.07 bits per heavy atom. The van der Waals surface area contributed by atoms with Crippen molar-refractivity contribution >= 4 is 46.3 Å². The summed E-state index contributed by atoms with van der Waals surface area (Å²) < 4.78 is 27.2. The first-order chi connectivity index (χ1) is 14.3. The Bertz CT molecular complexity index is 1020. The third-order valence-electron chi connectivity index (χ3n) is 4.58. The Morgan fingerprint density at radius 3 is 2.57 bits per heavy atom. The van der Waals surface area contributed by atoms with Crippen LogP contribution >= 0.6 is 24.0 Å². The van der Waals surface area contributed by atoms with E-state index >= 15 is 0 Å². The van der Waals surface area contributed by atoms with Crippen LogP contribution in [0, 0.1) is 11.6 Å². The predicted molar refractivity (Wildman–Crippen MR) is 118 cm³/mol. The molecule has 0 spiro atoms. The van der Waals surface area contributed by atoms with Gasteiger partial charge in [-0.25, -0.2) is 8.78 Å². The fourth-order valence-electron chi connectivity index (χ4n) is 3.05. The van der Waals surface area contributed by atoms with E-state index in [0.29, 0.717) is 46.2 Å². The summed E-state index contributed by atoms with van der Waals surface area (Å²) in [6.45, 7) is 0.455. The maximum Gasteiger partial charge on any atom is 0.303 e. The van der Waals surface area contributed by atoms with Gasteiger partial charge in [-0.3, -0.25) is 14.5 Å². The normalized spacial score (nSPS) is 15.3. The largest absolute Gasteiger partial charge is 0.481 e. The number of hydrogen-bond donors (Lipinski definition) is 1. The zero-order chi connectivity index (χ0) is 21.7. The number of unbranched alkanes of at least 4 members (excludes halogenated alkanes) is 2. The van der Waals surface area contributed by atoms with Gasteiger partial charge in [0.2, 0.25) is 0 Å². The third kappa shape index (κ3) is 5.52. The van der Waals surface area contributed by atoms with Gasteiger partial charge in [-0.15, -0.1) is 0 Å². The highest BCUT2D eigenvalue weighted by Crippen LogP contribution is 2.33. The summed E-state index contributed by atoms with van der Waals surface area (Å²) in [6.07, 6.45) is 3.80. The van der Waals surface area contributed by atoms with E-state index in [4.69, 9.17) is 17.3 Å². The molecular formula is C22H19F2NO3S2. The lowest BCUT2D eigenvalue weighted by molar-refractivity contribution is -0.137. The third-order valence-corrected chi connectivity index (χ3v) is 5.96. The quantitative estimate of drug-likeness (QED) is 0.330. The second-order valence-corrected chi connectivity index (χ2v) is 8.47. The number of hydrogen-bond acceptors (Lipinski definition) is 4. The van der Waals surface area contributed by atoms with Crippen molar-refractivity contribution in [1.29, 1.82) is 0 Å². The van der Waals surface area contributed by atoms with Crippen LogP contribution in [0.1, 0.15) is 31.2 Å². The lowest BCUT2D eigenvalue weighted by Gasteiger charge is -2.13. The second kappa shape index (κ2) is 9.95. The van der Waals surface area contributed by atoms with Crippen LogP contribution < -0.4 is 0 Å². The summed E-state index contributed by atoms with van der Waals surface area (Å²) in [5.74, 6) is -2.82. The number of benzene rings is 2. The van der Waals surface area contributed by atoms with E-state index in [1.165, 1.54) is 22.7 Å². The smallest absolute Gasteiger partial charge is 0.303 e. The number of carbonyl (C=O) groups is 2. The summed E-state index contributed by atoms with van der Waals surface area (Å²) >= 11 is 6.53. The van der Waals surface area contributed by atoms with Crippen molar-refractivity contribution in [3.05, 3.63) is 64.6 Å². The van der Waals surface area contributed by atoms with Crippen molar-refractivity contribution in [3.63, 3.8) is 0 Å². The molecule has 3 rings (SSSR count). The minimum atomic E-state index is -0.915. The Kier molecular flexibility index (Phi) is 7.33. The van der Waals surface area contributed by atoms with Gasteiger partial charge in [-0.1, -0.05) is 54.7 Å². The first-order valence-corrected chi connectivity index (χ1v) is 10.6. The number of carbonyl (C=O) groups excluding carboxylic acids is 1. The molecule has 0 aliphatic carbocycles. The number of carboxylic acids is 1. The van der Waals surface area contributed by atoms with Gasteiger partial charge in [0.05, 0.1) is 4.91 Å². The molecule has 0 saturated carbocycles. The molecule has 30 heavy (non-hydrogen) atoms. The molecule has 0 unspecified atom stereocenters. The van der Waals surface area contributed by atoms with E-state index in [1.807, 2.05) is 6.07 Å². The maximum absolute atomic E-state index is 13.5. The topological polar surface area (TPSA) is 57.6 Å². The SMILES string of the molecule is O=C(O)CCCCCN1C(=O)C(=Cc2cccc(-c3ccc(F)c(F)c3)c2)SC1=S. The summed E-state index contributed by atoms with van der Waals surface area (Å²) in [7, 11) is 0. The van der Waals surface area contributed by atoms with Crippen molar-refractivity contribution in [2.45, 2.75) is 25.7 Å². The molecule has 4 nitrogen and oxygen atoms in total. The highest BCUT2D eigenvalue weighted by molar-refractivity contribution is 8.26. The molecule has 1 fully saturated rings. The Morgan fingerprint density at radius 2 is 1.83 bits per heavy atom. The van der Waals surface area contributed by atoms with Gasteiger partial charge in [0, 0.05) is 13.0 Å². The lowest BCUT2D eigenvalue weighted by atomic mass is 10.0. The molecule has 1 saturated heterocycles.